The number of anilines is 3. The molecule has 0 spiro atoms. The standard InChI is InChI=1S/C22H21Cl2N5O2/c1-14-11-20(28-22(26-14)29-7-9-31-10-8-29)27-19-13-15(5-6-25-19)12-18(30)21-16(23)3-2-4-17(21)24/h2-6,11,13H,7-10,12H2,1H3,(H,25,26,27,28). The number of benzene rings is 1. The van der Waals surface area contributed by atoms with Crippen molar-refractivity contribution < 1.29 is 9.53 Å². The summed E-state index contributed by atoms with van der Waals surface area (Å²) < 4.78 is 5.40. The molecule has 1 aliphatic heterocycles. The van der Waals surface area contributed by atoms with Gasteiger partial charge in [0.15, 0.2) is 5.78 Å². The normalized spacial score (nSPS) is 13.8. The molecule has 1 aromatic carbocycles. The number of rotatable bonds is 6. The van der Waals surface area contributed by atoms with Gasteiger partial charge in [-0.2, -0.15) is 4.98 Å². The summed E-state index contributed by atoms with van der Waals surface area (Å²) in [4.78, 5) is 28.3. The number of morpholine rings is 1. The van der Waals surface area contributed by atoms with Gasteiger partial charge in [0.25, 0.3) is 0 Å². The number of Topliss-reactive ketones (excluding diaryl/α,β-unsaturated/α-hetero) is 1. The molecule has 0 aliphatic carbocycles. The average Bonchev–Trinajstić information content (AvgIpc) is 2.74. The molecule has 1 saturated heterocycles. The minimum absolute atomic E-state index is 0.153. The number of pyridine rings is 1. The third-order valence-corrected chi connectivity index (χ3v) is 5.45. The molecule has 2 aromatic heterocycles. The molecule has 0 saturated carbocycles. The molecule has 0 bridgehead atoms. The maximum Gasteiger partial charge on any atom is 0.227 e. The molecule has 0 amide bonds. The van der Waals surface area contributed by atoms with Crippen LogP contribution in [0.4, 0.5) is 17.6 Å². The third kappa shape index (κ3) is 5.31. The minimum atomic E-state index is -0.153. The van der Waals surface area contributed by atoms with Gasteiger partial charge in [-0.05, 0) is 36.8 Å². The maximum atomic E-state index is 12.7. The van der Waals surface area contributed by atoms with Gasteiger partial charge in [0, 0.05) is 37.5 Å². The van der Waals surface area contributed by atoms with Crippen molar-refractivity contribution in [2.24, 2.45) is 0 Å². The van der Waals surface area contributed by atoms with Crippen LogP contribution in [0.1, 0.15) is 21.6 Å². The lowest BCUT2D eigenvalue weighted by Gasteiger charge is -2.27. The van der Waals surface area contributed by atoms with Gasteiger partial charge in [-0.1, -0.05) is 29.3 Å². The molecule has 4 rings (SSSR count). The molecular formula is C22H21Cl2N5O2. The first-order chi connectivity index (χ1) is 15.0. The summed E-state index contributed by atoms with van der Waals surface area (Å²) in [5, 5.41) is 3.91. The van der Waals surface area contributed by atoms with Crippen LogP contribution < -0.4 is 10.2 Å². The smallest absolute Gasteiger partial charge is 0.227 e. The molecular weight excluding hydrogens is 437 g/mol. The van der Waals surface area contributed by atoms with E-state index in [-0.39, 0.29) is 12.2 Å². The van der Waals surface area contributed by atoms with Gasteiger partial charge in [0.2, 0.25) is 5.95 Å². The van der Waals surface area contributed by atoms with Crippen LogP contribution in [0.2, 0.25) is 10.0 Å². The fraction of sp³-hybridized carbons (Fsp3) is 0.273. The number of ketones is 1. The number of nitrogens with zero attached hydrogens (tertiary/aromatic N) is 4. The van der Waals surface area contributed by atoms with Crippen LogP contribution in [-0.2, 0) is 11.2 Å². The molecule has 1 N–H and O–H groups in total. The SMILES string of the molecule is Cc1cc(Nc2cc(CC(=O)c3c(Cl)cccc3Cl)ccn2)nc(N2CCOCC2)n1. The highest BCUT2D eigenvalue weighted by Crippen LogP contribution is 2.26. The number of hydrogen-bond acceptors (Lipinski definition) is 7. The van der Waals surface area contributed by atoms with Gasteiger partial charge in [0.1, 0.15) is 11.6 Å². The minimum Gasteiger partial charge on any atom is -0.378 e. The summed E-state index contributed by atoms with van der Waals surface area (Å²) in [5.41, 5.74) is 1.97. The predicted octanol–water partition coefficient (Wildman–Crippen LogP) is 4.49. The van der Waals surface area contributed by atoms with E-state index in [4.69, 9.17) is 27.9 Å². The quantitative estimate of drug-likeness (QED) is 0.545. The van der Waals surface area contributed by atoms with Crippen molar-refractivity contribution in [3.8, 4) is 0 Å². The molecule has 3 aromatic rings. The summed E-state index contributed by atoms with van der Waals surface area (Å²) >= 11 is 12.3. The number of halogens is 2. The van der Waals surface area contributed by atoms with Crippen LogP contribution in [0, 0.1) is 6.92 Å². The topological polar surface area (TPSA) is 80.2 Å². The van der Waals surface area contributed by atoms with Crippen molar-refractivity contribution in [3.05, 3.63) is 69.5 Å². The number of ether oxygens (including phenoxy) is 1. The maximum absolute atomic E-state index is 12.7. The van der Waals surface area contributed by atoms with Crippen molar-refractivity contribution in [1.29, 1.82) is 0 Å². The number of aryl methyl sites for hydroxylation is 1. The Bertz CT molecular complexity index is 1080. The van der Waals surface area contributed by atoms with Gasteiger partial charge < -0.3 is 15.0 Å². The lowest BCUT2D eigenvalue weighted by molar-refractivity contribution is 0.0993. The Morgan fingerprint density at radius 3 is 2.58 bits per heavy atom. The molecule has 160 valence electrons. The summed E-state index contributed by atoms with van der Waals surface area (Å²) in [7, 11) is 0. The summed E-state index contributed by atoms with van der Waals surface area (Å²) in [6, 6.07) is 10.5. The predicted molar refractivity (Wildman–Crippen MR) is 122 cm³/mol. The average molecular weight is 458 g/mol. The Kier molecular flexibility index (Phi) is 6.65. The van der Waals surface area contributed by atoms with E-state index in [9.17, 15) is 4.79 Å². The second-order valence-corrected chi connectivity index (χ2v) is 7.98. The zero-order chi connectivity index (χ0) is 21.8. The summed E-state index contributed by atoms with van der Waals surface area (Å²) in [5.74, 6) is 1.73. The van der Waals surface area contributed by atoms with Crippen molar-refractivity contribution in [2.45, 2.75) is 13.3 Å². The molecule has 1 fully saturated rings. The highest BCUT2D eigenvalue weighted by atomic mass is 35.5. The van der Waals surface area contributed by atoms with Crippen molar-refractivity contribution in [3.63, 3.8) is 0 Å². The summed E-state index contributed by atoms with van der Waals surface area (Å²) in [6.45, 7) is 4.75. The first kappa shape index (κ1) is 21.5. The van der Waals surface area contributed by atoms with E-state index in [1.165, 1.54) is 0 Å². The van der Waals surface area contributed by atoms with Crippen LogP contribution in [0.3, 0.4) is 0 Å². The Balaban J connectivity index is 1.51. The lowest BCUT2D eigenvalue weighted by atomic mass is 10.0. The highest BCUT2D eigenvalue weighted by Gasteiger charge is 2.17. The number of nitrogens with one attached hydrogen (secondary N) is 1. The van der Waals surface area contributed by atoms with Crippen LogP contribution in [-0.4, -0.2) is 47.0 Å². The molecule has 0 radical (unpaired) electrons. The third-order valence-electron chi connectivity index (χ3n) is 4.82. The number of carbonyl (C=O) groups excluding carboxylic acids is 1. The van der Waals surface area contributed by atoms with E-state index >= 15 is 0 Å². The molecule has 31 heavy (non-hydrogen) atoms. The van der Waals surface area contributed by atoms with Crippen molar-refractivity contribution in [2.75, 3.05) is 36.5 Å². The van der Waals surface area contributed by atoms with Crippen molar-refractivity contribution in [1.82, 2.24) is 15.0 Å². The highest BCUT2D eigenvalue weighted by molar-refractivity contribution is 6.39. The van der Waals surface area contributed by atoms with Gasteiger partial charge in [-0.25, -0.2) is 9.97 Å². The largest absolute Gasteiger partial charge is 0.378 e. The van der Waals surface area contributed by atoms with Gasteiger partial charge in [0.05, 0.1) is 28.8 Å². The van der Waals surface area contributed by atoms with E-state index in [1.54, 1.807) is 30.5 Å². The first-order valence-electron chi connectivity index (χ1n) is 9.87. The molecule has 0 unspecified atom stereocenters. The molecule has 0 atom stereocenters. The molecule has 9 heteroatoms. The fourth-order valence-electron chi connectivity index (χ4n) is 3.34. The number of carbonyl (C=O) groups is 1. The van der Waals surface area contributed by atoms with Gasteiger partial charge in [-0.3, -0.25) is 4.79 Å². The molecule has 7 nitrogen and oxygen atoms in total. The zero-order valence-electron chi connectivity index (χ0n) is 16.9. The second kappa shape index (κ2) is 9.60. The first-order valence-corrected chi connectivity index (χ1v) is 10.6. The van der Waals surface area contributed by atoms with E-state index < -0.39 is 0 Å². The number of hydrogen-bond donors (Lipinski definition) is 1. The van der Waals surface area contributed by atoms with Crippen LogP contribution in [0.5, 0.6) is 0 Å². The van der Waals surface area contributed by atoms with E-state index in [0.29, 0.717) is 46.4 Å². The van der Waals surface area contributed by atoms with E-state index in [2.05, 4.69) is 25.2 Å². The summed E-state index contributed by atoms with van der Waals surface area (Å²) in [6.07, 6.45) is 1.80. The van der Waals surface area contributed by atoms with Crippen LogP contribution >= 0.6 is 23.2 Å². The van der Waals surface area contributed by atoms with E-state index in [0.717, 1.165) is 24.3 Å². The van der Waals surface area contributed by atoms with Gasteiger partial charge >= 0.3 is 0 Å². The Hall–Kier alpha value is -2.74. The number of aromatic nitrogens is 3. The molecule has 3 heterocycles. The Morgan fingerprint density at radius 1 is 1.10 bits per heavy atom. The van der Waals surface area contributed by atoms with E-state index in [1.807, 2.05) is 19.1 Å². The fourth-order valence-corrected chi connectivity index (χ4v) is 3.95. The van der Waals surface area contributed by atoms with Crippen LogP contribution in [0.15, 0.2) is 42.6 Å². The molecule has 1 aliphatic rings. The van der Waals surface area contributed by atoms with Gasteiger partial charge in [-0.15, -0.1) is 0 Å². The lowest BCUT2D eigenvalue weighted by Crippen LogP contribution is -2.37. The Labute approximate surface area is 190 Å². The monoisotopic (exact) mass is 457 g/mol. The zero-order valence-corrected chi connectivity index (χ0v) is 18.5. The van der Waals surface area contributed by atoms with Crippen molar-refractivity contribution >= 4 is 46.6 Å². The Morgan fingerprint density at radius 2 is 1.84 bits per heavy atom. The second-order valence-electron chi connectivity index (χ2n) is 7.16. The van der Waals surface area contributed by atoms with Crippen LogP contribution in [0.25, 0.3) is 0 Å².